The molecule has 0 fully saturated rings. The average Bonchev–Trinajstić information content (AvgIpc) is 3.22. The van der Waals surface area contributed by atoms with E-state index in [1.807, 2.05) is 0 Å². The molecule has 0 aliphatic carbocycles. The summed E-state index contributed by atoms with van der Waals surface area (Å²) in [4.78, 5) is 21.6. The van der Waals surface area contributed by atoms with E-state index in [9.17, 15) is 18.0 Å². The summed E-state index contributed by atoms with van der Waals surface area (Å²) in [6.45, 7) is 0. The Morgan fingerprint density at radius 1 is 1.03 bits per heavy atom. The maximum Gasteiger partial charge on any atom is 0.433 e. The zero-order chi connectivity index (χ0) is 22.6. The van der Waals surface area contributed by atoms with Crippen molar-refractivity contribution in [1.82, 2.24) is 14.5 Å². The largest absolute Gasteiger partial charge is 0.433 e. The minimum Gasteiger partial charge on any atom is -0.397 e. The highest BCUT2D eigenvalue weighted by molar-refractivity contribution is 7.16. The zero-order valence-corrected chi connectivity index (χ0v) is 17.6. The van der Waals surface area contributed by atoms with E-state index < -0.39 is 17.4 Å². The lowest BCUT2D eigenvalue weighted by molar-refractivity contribution is -0.141. The normalized spacial score (nSPS) is 12.0. The number of anilines is 1. The summed E-state index contributed by atoms with van der Waals surface area (Å²) in [5, 5.41) is 0.647. The van der Waals surface area contributed by atoms with Crippen molar-refractivity contribution < 1.29 is 13.2 Å². The Morgan fingerprint density at radius 2 is 1.78 bits per heavy atom. The molecule has 0 aliphatic rings. The number of hydrogen-bond acceptors (Lipinski definition) is 5. The van der Waals surface area contributed by atoms with E-state index in [0.29, 0.717) is 16.3 Å². The molecule has 160 valence electrons. The lowest BCUT2D eigenvalue weighted by Crippen LogP contribution is -2.24. The summed E-state index contributed by atoms with van der Waals surface area (Å²) >= 11 is 7.37. The summed E-state index contributed by atoms with van der Waals surface area (Å²) in [7, 11) is 0. The third-order valence-corrected chi connectivity index (χ3v) is 6.10. The predicted molar refractivity (Wildman–Crippen MR) is 120 cm³/mol. The summed E-state index contributed by atoms with van der Waals surface area (Å²) in [6.07, 6.45) is -4.68. The lowest BCUT2D eigenvalue weighted by atomic mass is 10.0. The van der Waals surface area contributed by atoms with Gasteiger partial charge < -0.3 is 5.73 Å². The number of rotatable bonds is 2. The van der Waals surface area contributed by atoms with E-state index in [0.717, 1.165) is 20.9 Å². The molecular weight excluding hydrogens is 461 g/mol. The fraction of sp³-hybridized carbons (Fsp3) is 0.0455. The van der Waals surface area contributed by atoms with Crippen LogP contribution in [0, 0.1) is 0 Å². The van der Waals surface area contributed by atoms with Gasteiger partial charge in [-0.2, -0.15) is 13.2 Å². The quantitative estimate of drug-likeness (QED) is 0.346. The molecule has 0 spiro atoms. The fourth-order valence-electron chi connectivity index (χ4n) is 3.56. The van der Waals surface area contributed by atoms with Crippen molar-refractivity contribution in [1.29, 1.82) is 0 Å². The van der Waals surface area contributed by atoms with Crippen molar-refractivity contribution in [2.45, 2.75) is 6.18 Å². The maximum atomic E-state index is 13.6. The van der Waals surface area contributed by atoms with Gasteiger partial charge in [0.25, 0.3) is 5.56 Å². The zero-order valence-electron chi connectivity index (χ0n) is 16.0. The van der Waals surface area contributed by atoms with E-state index in [1.54, 1.807) is 35.8 Å². The maximum absolute atomic E-state index is 13.6. The molecule has 0 unspecified atom stereocenters. The van der Waals surface area contributed by atoms with Gasteiger partial charge in [-0.3, -0.25) is 9.36 Å². The molecule has 3 heterocycles. The van der Waals surface area contributed by atoms with E-state index in [-0.39, 0.29) is 22.3 Å². The molecule has 10 heteroatoms. The average molecular weight is 473 g/mol. The van der Waals surface area contributed by atoms with Crippen LogP contribution in [0.3, 0.4) is 0 Å². The van der Waals surface area contributed by atoms with E-state index in [2.05, 4.69) is 9.97 Å². The third-order valence-electron chi connectivity index (χ3n) is 5.06. The Bertz CT molecular complexity index is 1560. The number of pyridine rings is 2. The first-order valence-electron chi connectivity index (χ1n) is 9.26. The van der Waals surface area contributed by atoms with Crippen molar-refractivity contribution in [3.05, 3.63) is 81.2 Å². The minimum atomic E-state index is -4.68. The number of benzene rings is 2. The summed E-state index contributed by atoms with van der Waals surface area (Å²) in [6, 6.07) is 13.5. The van der Waals surface area contributed by atoms with Crippen molar-refractivity contribution >= 4 is 49.9 Å². The molecule has 0 amide bonds. The minimum absolute atomic E-state index is 0.0558. The first kappa shape index (κ1) is 20.5. The van der Waals surface area contributed by atoms with Gasteiger partial charge in [-0.1, -0.05) is 17.7 Å². The van der Waals surface area contributed by atoms with Gasteiger partial charge in [-0.15, -0.1) is 11.3 Å². The van der Waals surface area contributed by atoms with Crippen molar-refractivity contribution in [2.24, 2.45) is 0 Å². The number of nitrogens with two attached hydrogens (primary N) is 1. The van der Waals surface area contributed by atoms with Crippen LogP contribution < -0.4 is 11.3 Å². The molecule has 5 rings (SSSR count). The van der Waals surface area contributed by atoms with E-state index >= 15 is 0 Å². The second kappa shape index (κ2) is 7.32. The highest BCUT2D eigenvalue weighted by Crippen LogP contribution is 2.35. The number of nitrogen functional groups attached to an aromatic ring is 1. The van der Waals surface area contributed by atoms with Gasteiger partial charge in [0, 0.05) is 10.4 Å². The van der Waals surface area contributed by atoms with Crippen LogP contribution in [0.25, 0.3) is 38.1 Å². The Hall–Kier alpha value is -3.43. The molecular formula is C22H12ClF3N4OS. The Kier molecular flexibility index (Phi) is 4.68. The lowest BCUT2D eigenvalue weighted by Gasteiger charge is -2.17. The summed E-state index contributed by atoms with van der Waals surface area (Å²) < 4.78 is 42.1. The van der Waals surface area contributed by atoms with Crippen LogP contribution in [-0.2, 0) is 6.18 Å². The number of alkyl halides is 3. The van der Waals surface area contributed by atoms with Crippen molar-refractivity contribution in [2.75, 3.05) is 5.73 Å². The molecule has 0 saturated carbocycles. The van der Waals surface area contributed by atoms with E-state index in [1.165, 1.54) is 29.5 Å². The van der Waals surface area contributed by atoms with Gasteiger partial charge in [-0.25, -0.2) is 9.97 Å². The molecule has 2 N–H and O–H groups in total. The van der Waals surface area contributed by atoms with Crippen LogP contribution in [0.15, 0.2) is 64.9 Å². The van der Waals surface area contributed by atoms with Crippen molar-refractivity contribution in [3.8, 4) is 16.8 Å². The topological polar surface area (TPSA) is 73.8 Å². The summed E-state index contributed by atoms with van der Waals surface area (Å²) in [5.74, 6) is 0. The Morgan fingerprint density at radius 3 is 2.50 bits per heavy atom. The smallest absolute Gasteiger partial charge is 0.397 e. The number of nitrogens with zero attached hydrogens (tertiary/aromatic N) is 3. The van der Waals surface area contributed by atoms with Crippen LogP contribution in [0.2, 0.25) is 5.02 Å². The Balaban J connectivity index is 1.90. The van der Waals surface area contributed by atoms with Crippen LogP contribution >= 0.6 is 22.9 Å². The highest BCUT2D eigenvalue weighted by atomic mass is 35.5. The summed E-state index contributed by atoms with van der Waals surface area (Å²) in [5.41, 5.74) is 7.97. The number of hydrogen-bond donors (Lipinski definition) is 1. The molecule has 2 aromatic carbocycles. The van der Waals surface area contributed by atoms with Gasteiger partial charge in [0.2, 0.25) is 0 Å². The Labute approximate surface area is 187 Å². The number of halogens is 4. The first-order valence-corrected chi connectivity index (χ1v) is 10.5. The monoisotopic (exact) mass is 472 g/mol. The number of thiazole rings is 1. The SMILES string of the molecule is Nc1c(-c2ccc3ncsc3c2)c(=O)n(-c2ccc(Cl)cc2)c2nc(C(F)(F)F)ccc12. The third kappa shape index (κ3) is 3.30. The molecule has 5 nitrogen and oxygen atoms in total. The second-order valence-corrected chi connectivity index (χ2v) is 8.33. The molecule has 5 aromatic rings. The van der Waals surface area contributed by atoms with Crippen LogP contribution in [0.1, 0.15) is 5.69 Å². The van der Waals surface area contributed by atoms with Gasteiger partial charge in [0.15, 0.2) is 0 Å². The van der Waals surface area contributed by atoms with Gasteiger partial charge in [0.05, 0.1) is 32.7 Å². The molecule has 3 aromatic heterocycles. The number of fused-ring (bicyclic) bond motifs is 2. The number of aromatic nitrogens is 3. The first-order chi connectivity index (χ1) is 15.2. The van der Waals surface area contributed by atoms with Gasteiger partial charge in [-0.05, 0) is 54.1 Å². The second-order valence-electron chi connectivity index (χ2n) is 7.01. The fourth-order valence-corrected chi connectivity index (χ4v) is 4.41. The van der Waals surface area contributed by atoms with E-state index in [4.69, 9.17) is 17.3 Å². The molecule has 32 heavy (non-hydrogen) atoms. The van der Waals surface area contributed by atoms with Crippen LogP contribution in [0.4, 0.5) is 18.9 Å². The molecule has 0 bridgehead atoms. The molecule has 0 radical (unpaired) electrons. The van der Waals surface area contributed by atoms with Gasteiger partial charge in [0.1, 0.15) is 11.3 Å². The van der Waals surface area contributed by atoms with Gasteiger partial charge >= 0.3 is 6.18 Å². The molecule has 0 saturated heterocycles. The highest BCUT2D eigenvalue weighted by Gasteiger charge is 2.33. The van der Waals surface area contributed by atoms with Crippen molar-refractivity contribution in [3.63, 3.8) is 0 Å². The van der Waals surface area contributed by atoms with Crippen LogP contribution in [0.5, 0.6) is 0 Å². The molecule has 0 aliphatic heterocycles. The standard InChI is InChI=1S/C22H12ClF3N4OS/c23-12-2-4-13(5-3-12)30-20-14(6-8-17(29-20)22(24,25)26)19(27)18(21(30)31)11-1-7-15-16(9-11)32-10-28-15/h1-10H,27H2. The van der Waals surface area contributed by atoms with Crippen LogP contribution in [-0.4, -0.2) is 14.5 Å². The molecule has 0 atom stereocenters. The predicted octanol–water partition coefficient (Wildman–Crippen LogP) is 5.92.